The van der Waals surface area contributed by atoms with Crippen molar-refractivity contribution in [3.8, 4) is 0 Å². The van der Waals surface area contributed by atoms with Crippen molar-refractivity contribution in [1.82, 2.24) is 4.90 Å². The lowest BCUT2D eigenvalue weighted by Gasteiger charge is -2.45. The number of nitrogens with zero attached hydrogens (tertiary/aromatic N) is 1. The Hall–Kier alpha value is -0.0800. The van der Waals surface area contributed by atoms with E-state index in [4.69, 9.17) is 5.73 Å². The quantitative estimate of drug-likeness (QED) is 0.819. The first-order chi connectivity index (χ1) is 7.91. The molecule has 0 spiro atoms. The Morgan fingerprint density at radius 2 is 1.82 bits per heavy atom. The van der Waals surface area contributed by atoms with Crippen LogP contribution in [0.15, 0.2) is 0 Å². The Morgan fingerprint density at radius 3 is 2.24 bits per heavy atom. The van der Waals surface area contributed by atoms with Crippen LogP contribution in [-0.4, -0.2) is 30.1 Å². The van der Waals surface area contributed by atoms with E-state index in [1.807, 2.05) is 0 Å². The molecule has 0 bridgehead atoms. The summed E-state index contributed by atoms with van der Waals surface area (Å²) in [5.41, 5.74) is 6.93. The first-order valence-corrected chi connectivity index (χ1v) is 7.34. The first-order valence-electron chi connectivity index (χ1n) is 7.34. The minimum absolute atomic E-state index is 0.262. The SMILES string of the molecule is CC1CC(C)(C)CC1(CN)N(C)C1CCCC1. The maximum atomic E-state index is 6.21. The van der Waals surface area contributed by atoms with Gasteiger partial charge in [0.15, 0.2) is 0 Å². The zero-order valence-corrected chi connectivity index (χ0v) is 12.1. The molecule has 0 radical (unpaired) electrons. The fourth-order valence-corrected chi connectivity index (χ4v) is 4.64. The monoisotopic (exact) mass is 238 g/mol. The molecule has 2 aliphatic rings. The smallest absolute Gasteiger partial charge is 0.0362 e. The van der Waals surface area contributed by atoms with Crippen LogP contribution in [0.4, 0.5) is 0 Å². The van der Waals surface area contributed by atoms with Crippen LogP contribution in [0.3, 0.4) is 0 Å². The largest absolute Gasteiger partial charge is 0.329 e. The van der Waals surface area contributed by atoms with Crippen molar-refractivity contribution in [2.45, 2.75) is 70.9 Å². The summed E-state index contributed by atoms with van der Waals surface area (Å²) in [5.74, 6) is 0.730. The third-order valence-electron chi connectivity index (χ3n) is 5.49. The predicted molar refractivity (Wildman–Crippen MR) is 74.0 cm³/mol. The Kier molecular flexibility index (Phi) is 3.57. The molecule has 100 valence electrons. The van der Waals surface area contributed by atoms with Gasteiger partial charge in [0.1, 0.15) is 0 Å². The topological polar surface area (TPSA) is 29.3 Å². The van der Waals surface area contributed by atoms with Gasteiger partial charge in [0.2, 0.25) is 0 Å². The third kappa shape index (κ3) is 2.26. The molecule has 2 unspecified atom stereocenters. The van der Waals surface area contributed by atoms with E-state index in [-0.39, 0.29) is 5.54 Å². The van der Waals surface area contributed by atoms with E-state index in [1.54, 1.807) is 0 Å². The molecule has 2 rings (SSSR count). The first kappa shape index (κ1) is 13.4. The normalized spacial score (nSPS) is 38.1. The Balaban J connectivity index is 2.18. The fourth-order valence-electron chi connectivity index (χ4n) is 4.64. The predicted octanol–water partition coefficient (Wildman–Crippen LogP) is 3.01. The molecule has 2 N–H and O–H groups in total. The molecular formula is C15H30N2. The second-order valence-corrected chi connectivity index (χ2v) is 7.30. The average molecular weight is 238 g/mol. The van der Waals surface area contributed by atoms with Crippen molar-refractivity contribution in [2.24, 2.45) is 17.1 Å². The molecule has 0 aliphatic heterocycles. The molecule has 17 heavy (non-hydrogen) atoms. The third-order valence-corrected chi connectivity index (χ3v) is 5.49. The lowest BCUT2D eigenvalue weighted by Crippen LogP contribution is -2.57. The van der Waals surface area contributed by atoms with Crippen molar-refractivity contribution in [3.05, 3.63) is 0 Å². The second kappa shape index (κ2) is 4.55. The van der Waals surface area contributed by atoms with Gasteiger partial charge in [0.05, 0.1) is 0 Å². The summed E-state index contributed by atoms with van der Waals surface area (Å²) in [6.07, 6.45) is 8.17. The van der Waals surface area contributed by atoms with Crippen LogP contribution in [0.1, 0.15) is 59.3 Å². The van der Waals surface area contributed by atoms with Crippen LogP contribution < -0.4 is 5.73 Å². The summed E-state index contributed by atoms with van der Waals surface area (Å²) in [5, 5.41) is 0. The molecule has 2 atom stereocenters. The van der Waals surface area contributed by atoms with Gasteiger partial charge in [-0.3, -0.25) is 4.90 Å². The summed E-state index contributed by atoms with van der Waals surface area (Å²) in [7, 11) is 2.33. The molecule has 0 heterocycles. The Bertz CT molecular complexity index is 268. The van der Waals surface area contributed by atoms with E-state index in [2.05, 4.69) is 32.7 Å². The number of hydrogen-bond donors (Lipinski definition) is 1. The summed E-state index contributed by atoms with van der Waals surface area (Å²) < 4.78 is 0. The van der Waals surface area contributed by atoms with Gasteiger partial charge in [-0.1, -0.05) is 33.6 Å². The Labute approximate surface area is 107 Å². The van der Waals surface area contributed by atoms with Gasteiger partial charge in [-0.25, -0.2) is 0 Å². The van der Waals surface area contributed by atoms with Crippen LogP contribution in [-0.2, 0) is 0 Å². The molecule has 2 nitrogen and oxygen atoms in total. The lowest BCUT2D eigenvalue weighted by atomic mass is 9.83. The fraction of sp³-hybridized carbons (Fsp3) is 1.00. The molecule has 0 saturated heterocycles. The zero-order chi connectivity index (χ0) is 12.7. The van der Waals surface area contributed by atoms with E-state index in [0.717, 1.165) is 18.5 Å². The van der Waals surface area contributed by atoms with Gasteiger partial charge in [-0.2, -0.15) is 0 Å². The molecule has 0 aromatic carbocycles. The van der Waals surface area contributed by atoms with Gasteiger partial charge in [0.25, 0.3) is 0 Å². The van der Waals surface area contributed by atoms with Gasteiger partial charge in [-0.05, 0) is 44.1 Å². The highest BCUT2D eigenvalue weighted by molar-refractivity contribution is 5.07. The van der Waals surface area contributed by atoms with E-state index in [9.17, 15) is 0 Å². The van der Waals surface area contributed by atoms with Crippen molar-refractivity contribution in [3.63, 3.8) is 0 Å². The average Bonchev–Trinajstić information content (AvgIpc) is 2.83. The van der Waals surface area contributed by atoms with Crippen LogP contribution >= 0.6 is 0 Å². The van der Waals surface area contributed by atoms with Crippen molar-refractivity contribution < 1.29 is 0 Å². The minimum atomic E-state index is 0.262. The molecule has 0 aromatic heterocycles. The van der Waals surface area contributed by atoms with Gasteiger partial charge >= 0.3 is 0 Å². The number of rotatable bonds is 3. The zero-order valence-electron chi connectivity index (χ0n) is 12.1. The molecular weight excluding hydrogens is 208 g/mol. The lowest BCUT2D eigenvalue weighted by molar-refractivity contribution is 0.0467. The highest BCUT2D eigenvalue weighted by Gasteiger charge is 2.51. The van der Waals surface area contributed by atoms with Crippen molar-refractivity contribution in [2.75, 3.05) is 13.6 Å². The molecule has 0 aromatic rings. The van der Waals surface area contributed by atoms with Crippen LogP contribution in [0, 0.1) is 11.3 Å². The minimum Gasteiger partial charge on any atom is -0.329 e. The number of hydrogen-bond acceptors (Lipinski definition) is 2. The molecule has 2 saturated carbocycles. The molecule has 2 aliphatic carbocycles. The van der Waals surface area contributed by atoms with Crippen LogP contribution in [0.25, 0.3) is 0 Å². The summed E-state index contributed by atoms with van der Waals surface area (Å²) in [4.78, 5) is 2.67. The van der Waals surface area contributed by atoms with Crippen molar-refractivity contribution >= 4 is 0 Å². The van der Waals surface area contributed by atoms with E-state index >= 15 is 0 Å². The molecule has 2 heteroatoms. The maximum Gasteiger partial charge on any atom is 0.0362 e. The van der Waals surface area contributed by atoms with E-state index in [0.29, 0.717) is 5.41 Å². The summed E-state index contributed by atoms with van der Waals surface area (Å²) in [6, 6.07) is 0.787. The summed E-state index contributed by atoms with van der Waals surface area (Å²) >= 11 is 0. The van der Waals surface area contributed by atoms with Gasteiger partial charge < -0.3 is 5.73 Å². The van der Waals surface area contributed by atoms with Crippen LogP contribution in [0.5, 0.6) is 0 Å². The molecule has 2 fully saturated rings. The maximum absolute atomic E-state index is 6.21. The van der Waals surface area contributed by atoms with E-state index in [1.165, 1.54) is 38.5 Å². The van der Waals surface area contributed by atoms with Gasteiger partial charge in [-0.15, -0.1) is 0 Å². The number of likely N-dealkylation sites (N-methyl/N-ethyl adjacent to an activating group) is 1. The van der Waals surface area contributed by atoms with E-state index < -0.39 is 0 Å². The standard InChI is InChI=1S/C15H30N2/c1-12-9-14(2,3)10-15(12,11-16)17(4)13-7-5-6-8-13/h12-13H,5-11,16H2,1-4H3. The van der Waals surface area contributed by atoms with Crippen molar-refractivity contribution in [1.29, 1.82) is 0 Å². The van der Waals surface area contributed by atoms with Crippen LogP contribution in [0.2, 0.25) is 0 Å². The second-order valence-electron chi connectivity index (χ2n) is 7.30. The summed E-state index contributed by atoms with van der Waals surface area (Å²) in [6.45, 7) is 8.05. The molecule has 0 amide bonds. The highest BCUT2D eigenvalue weighted by atomic mass is 15.2. The highest BCUT2D eigenvalue weighted by Crippen LogP contribution is 2.50. The van der Waals surface area contributed by atoms with Gasteiger partial charge in [0, 0.05) is 18.1 Å². The Morgan fingerprint density at radius 1 is 1.24 bits per heavy atom. The number of nitrogens with two attached hydrogens (primary N) is 1.